The van der Waals surface area contributed by atoms with Gasteiger partial charge in [0.05, 0.1) is 18.5 Å². The number of hydrogen-bond donors (Lipinski definition) is 0. The fourth-order valence-corrected chi connectivity index (χ4v) is 3.89. The van der Waals surface area contributed by atoms with Crippen LogP contribution in [0.25, 0.3) is 11.3 Å². The maximum Gasteiger partial charge on any atom is 0.190 e. The minimum Gasteiger partial charge on any atom is -0.497 e. The molecule has 1 heterocycles. The number of methoxy groups -OCH3 is 1. The first kappa shape index (κ1) is 21.5. The monoisotopic (exact) mass is 446 g/mol. The van der Waals surface area contributed by atoms with Crippen molar-refractivity contribution < 1.29 is 4.74 Å². The van der Waals surface area contributed by atoms with Crippen LogP contribution in [0.1, 0.15) is 32.6 Å². The molecule has 0 aliphatic carbocycles. The lowest BCUT2D eigenvalue weighted by molar-refractivity contribution is 0.415. The molecule has 27 heavy (non-hydrogen) atoms. The highest BCUT2D eigenvalue weighted by atomic mass is 79.9. The van der Waals surface area contributed by atoms with Crippen LogP contribution in [0.5, 0.6) is 5.75 Å². The molecule has 144 valence electrons. The van der Waals surface area contributed by atoms with Gasteiger partial charge in [0.1, 0.15) is 5.75 Å². The molecule has 5 heteroatoms. The number of rotatable bonds is 8. The Morgan fingerprint density at radius 1 is 0.963 bits per heavy atom. The van der Waals surface area contributed by atoms with Gasteiger partial charge in [-0.2, -0.15) is 0 Å². The summed E-state index contributed by atoms with van der Waals surface area (Å²) in [5.74, 6) is 0.882. The molecule has 0 aliphatic heterocycles. The van der Waals surface area contributed by atoms with Crippen molar-refractivity contribution >= 4 is 34.0 Å². The van der Waals surface area contributed by atoms with Gasteiger partial charge in [-0.25, -0.2) is 4.99 Å². The number of unbranched alkanes of at least 4 members (excludes halogenated alkanes) is 3. The number of benzene rings is 2. The van der Waals surface area contributed by atoms with E-state index >= 15 is 0 Å². The molecule has 0 saturated carbocycles. The van der Waals surface area contributed by atoms with Gasteiger partial charge in [0.2, 0.25) is 0 Å². The number of nitrogens with zero attached hydrogens (tertiary/aromatic N) is 2. The fraction of sp³-hybridized carbons (Fsp3) is 0.318. The molecule has 3 rings (SSSR count). The largest absolute Gasteiger partial charge is 0.497 e. The molecule has 0 unspecified atom stereocenters. The molecule has 0 N–H and O–H groups in total. The highest BCUT2D eigenvalue weighted by Gasteiger charge is 2.08. The van der Waals surface area contributed by atoms with Crippen LogP contribution in [0.15, 0.2) is 65.0 Å². The van der Waals surface area contributed by atoms with Gasteiger partial charge in [-0.1, -0.05) is 44.4 Å². The van der Waals surface area contributed by atoms with E-state index in [9.17, 15) is 0 Å². The van der Waals surface area contributed by atoms with E-state index in [1.54, 1.807) is 18.4 Å². The van der Waals surface area contributed by atoms with Crippen LogP contribution in [0.2, 0.25) is 0 Å². The number of hydrogen-bond acceptors (Lipinski definition) is 3. The third-order valence-corrected chi connectivity index (χ3v) is 5.26. The topological polar surface area (TPSA) is 26.5 Å². The van der Waals surface area contributed by atoms with Gasteiger partial charge in [-0.05, 0) is 48.4 Å². The predicted octanol–water partition coefficient (Wildman–Crippen LogP) is 6.62. The Labute approximate surface area is 176 Å². The number of para-hydroxylation sites is 1. The van der Waals surface area contributed by atoms with Crippen molar-refractivity contribution in [3.8, 4) is 17.0 Å². The summed E-state index contributed by atoms with van der Waals surface area (Å²) in [6.45, 7) is 3.24. The second kappa shape index (κ2) is 11.1. The number of aromatic nitrogens is 1. The zero-order chi connectivity index (χ0) is 18.2. The van der Waals surface area contributed by atoms with E-state index in [0.717, 1.165) is 22.8 Å². The molecular formula is C22H27BrN2OS. The van der Waals surface area contributed by atoms with E-state index in [0.29, 0.717) is 0 Å². The maximum absolute atomic E-state index is 5.29. The molecule has 0 amide bonds. The minimum atomic E-state index is 0. The van der Waals surface area contributed by atoms with Gasteiger partial charge in [0, 0.05) is 11.9 Å². The number of ether oxygens (including phenoxy) is 1. The van der Waals surface area contributed by atoms with Gasteiger partial charge in [-0.3, -0.25) is 0 Å². The summed E-state index contributed by atoms with van der Waals surface area (Å²) in [7, 11) is 1.70. The number of thiazole rings is 1. The molecule has 0 bridgehead atoms. The molecule has 0 atom stereocenters. The molecule has 0 fully saturated rings. The highest BCUT2D eigenvalue weighted by molar-refractivity contribution is 8.93. The lowest BCUT2D eigenvalue weighted by atomic mass is 10.1. The minimum absolute atomic E-state index is 0. The van der Waals surface area contributed by atoms with E-state index in [4.69, 9.17) is 9.73 Å². The van der Waals surface area contributed by atoms with Crippen molar-refractivity contribution in [3.63, 3.8) is 0 Å². The van der Waals surface area contributed by atoms with Crippen LogP contribution in [0.4, 0.5) is 5.69 Å². The highest BCUT2D eigenvalue weighted by Crippen LogP contribution is 2.24. The van der Waals surface area contributed by atoms with Gasteiger partial charge in [-0.15, -0.1) is 28.3 Å². The maximum atomic E-state index is 5.29. The molecule has 2 aromatic carbocycles. The second-order valence-electron chi connectivity index (χ2n) is 6.29. The second-order valence-corrected chi connectivity index (χ2v) is 7.13. The summed E-state index contributed by atoms with van der Waals surface area (Å²) in [6, 6.07) is 18.5. The van der Waals surface area contributed by atoms with E-state index in [2.05, 4.69) is 29.0 Å². The lowest BCUT2D eigenvalue weighted by Gasteiger charge is -2.10. The zero-order valence-electron chi connectivity index (χ0n) is 15.9. The average molecular weight is 447 g/mol. The average Bonchev–Trinajstić information content (AvgIpc) is 3.08. The summed E-state index contributed by atoms with van der Waals surface area (Å²) in [6.07, 6.45) is 4.97. The standard InChI is InChI=1S/C22H26N2OS.BrH/c1-3-4-5-9-16-24-21(18-12-14-20(25-2)15-13-18)17-26-22(24)23-19-10-7-6-8-11-19;/h6-8,10-15,17H,3-5,9,16H2,1-2H3;1H. The first-order valence-electron chi connectivity index (χ1n) is 9.24. The van der Waals surface area contributed by atoms with Crippen LogP contribution in [0.3, 0.4) is 0 Å². The van der Waals surface area contributed by atoms with Crippen LogP contribution in [-0.2, 0) is 6.54 Å². The van der Waals surface area contributed by atoms with Gasteiger partial charge >= 0.3 is 0 Å². The fourth-order valence-electron chi connectivity index (χ4n) is 2.94. The Bertz CT molecular complexity index is 869. The first-order chi connectivity index (χ1) is 12.8. The normalized spacial score (nSPS) is 11.3. The molecule has 3 aromatic rings. The van der Waals surface area contributed by atoms with Crippen LogP contribution in [-0.4, -0.2) is 11.7 Å². The van der Waals surface area contributed by atoms with Gasteiger partial charge < -0.3 is 9.30 Å². The molecule has 0 aliphatic rings. The summed E-state index contributed by atoms with van der Waals surface area (Å²) >= 11 is 1.70. The SMILES string of the molecule is Br.CCCCCCn1c(-c2ccc(OC)cc2)csc1=Nc1ccccc1. The predicted molar refractivity (Wildman–Crippen MR) is 120 cm³/mol. The molecule has 0 saturated heterocycles. The molecular weight excluding hydrogens is 420 g/mol. The first-order valence-corrected chi connectivity index (χ1v) is 10.1. The van der Waals surface area contributed by atoms with Crippen molar-refractivity contribution in [3.05, 3.63) is 64.8 Å². The van der Waals surface area contributed by atoms with Crippen molar-refractivity contribution in [1.82, 2.24) is 4.57 Å². The van der Waals surface area contributed by atoms with E-state index in [1.165, 1.54) is 36.9 Å². The number of halogens is 1. The molecule has 0 radical (unpaired) electrons. The summed E-state index contributed by atoms with van der Waals surface area (Å²) in [5.41, 5.74) is 3.42. The van der Waals surface area contributed by atoms with Crippen molar-refractivity contribution in [1.29, 1.82) is 0 Å². The Morgan fingerprint density at radius 2 is 1.70 bits per heavy atom. The summed E-state index contributed by atoms with van der Waals surface area (Å²) < 4.78 is 7.64. The Balaban J connectivity index is 0.00000261. The van der Waals surface area contributed by atoms with Crippen LogP contribution in [0, 0.1) is 0 Å². The van der Waals surface area contributed by atoms with Crippen LogP contribution >= 0.6 is 28.3 Å². The van der Waals surface area contributed by atoms with Gasteiger partial charge in [0.15, 0.2) is 4.80 Å². The van der Waals surface area contributed by atoms with E-state index in [1.807, 2.05) is 42.5 Å². The molecule has 0 spiro atoms. The molecule has 3 nitrogen and oxygen atoms in total. The zero-order valence-corrected chi connectivity index (χ0v) is 18.5. The smallest absolute Gasteiger partial charge is 0.190 e. The van der Waals surface area contributed by atoms with Gasteiger partial charge in [0.25, 0.3) is 0 Å². The van der Waals surface area contributed by atoms with E-state index < -0.39 is 0 Å². The summed E-state index contributed by atoms with van der Waals surface area (Å²) in [5, 5.41) is 2.21. The Kier molecular flexibility index (Phi) is 8.82. The third-order valence-electron chi connectivity index (χ3n) is 4.40. The van der Waals surface area contributed by atoms with Crippen molar-refractivity contribution in [2.75, 3.05) is 7.11 Å². The quantitative estimate of drug-likeness (QED) is 0.357. The molecule has 1 aromatic heterocycles. The van der Waals surface area contributed by atoms with Crippen molar-refractivity contribution in [2.45, 2.75) is 39.2 Å². The Morgan fingerprint density at radius 3 is 2.37 bits per heavy atom. The van der Waals surface area contributed by atoms with Crippen LogP contribution < -0.4 is 9.54 Å². The van der Waals surface area contributed by atoms with Crippen molar-refractivity contribution in [2.24, 2.45) is 4.99 Å². The Hall–Kier alpha value is -1.85. The summed E-state index contributed by atoms with van der Waals surface area (Å²) in [4.78, 5) is 5.93. The lowest BCUT2D eigenvalue weighted by Crippen LogP contribution is -2.16. The van der Waals surface area contributed by atoms with E-state index in [-0.39, 0.29) is 17.0 Å². The third kappa shape index (κ3) is 5.81.